The molecule has 0 aromatic rings. The van der Waals surface area contributed by atoms with E-state index < -0.39 is 7.82 Å². The standard InChI is InChI=1S/Mg.H3O4P.12H2O.2H/c;1-5(2,3)4;;;;;;;;;;;;;;/h;(H3,1,2,3,4);12*1H2;;. The van der Waals surface area contributed by atoms with Crippen molar-refractivity contribution in [3.8, 4) is 0 Å². The summed E-state index contributed by atoms with van der Waals surface area (Å²) in [4.78, 5) is 21.6. The molecule has 132 valence electrons. The van der Waals surface area contributed by atoms with Crippen LogP contribution in [0.4, 0.5) is 0 Å². The Kier molecular flexibility index (Phi) is 1830. The summed E-state index contributed by atoms with van der Waals surface area (Å²) in [5.74, 6) is 0. The molecule has 0 aromatic carbocycles. The summed E-state index contributed by atoms with van der Waals surface area (Å²) in [7, 11) is -4.64. The fraction of sp³-hybridized carbons (Fsp3) is 0. The van der Waals surface area contributed by atoms with E-state index in [1.165, 1.54) is 0 Å². The Morgan fingerprint density at radius 2 is 0.444 bits per heavy atom. The molecule has 0 saturated heterocycles. The van der Waals surface area contributed by atoms with E-state index in [1.807, 2.05) is 0 Å². The maximum atomic E-state index is 8.88. The normalized spacial score (nSPS) is 3.28. The van der Waals surface area contributed by atoms with Gasteiger partial charge in [-0.2, -0.15) is 0 Å². The number of hydrogen-bond donors (Lipinski definition) is 3. The van der Waals surface area contributed by atoms with Crippen molar-refractivity contribution in [1.82, 2.24) is 0 Å². The van der Waals surface area contributed by atoms with Crippen LogP contribution >= 0.6 is 7.82 Å². The van der Waals surface area contributed by atoms with Crippen LogP contribution in [-0.2, 0) is 4.57 Å². The molecule has 16 nitrogen and oxygen atoms in total. The Balaban J connectivity index is -0.00000000103. The van der Waals surface area contributed by atoms with Crippen molar-refractivity contribution < 1.29 is 85.0 Å². The minimum absolute atomic E-state index is 0. The maximum Gasteiger partial charge on any atom is 0.466 e. The molecular weight excluding hydrogens is 311 g/mol. The van der Waals surface area contributed by atoms with Crippen molar-refractivity contribution in [3.05, 3.63) is 0 Å². The third kappa shape index (κ3) is 24800. The monoisotopic (exact) mass is 340 g/mol. The Labute approximate surface area is 116 Å². The average Bonchev–Trinajstić information content (AvgIpc) is 0.722. The molecule has 0 aromatic heterocycles. The molecule has 18 heteroatoms. The Bertz CT molecular complexity index is 57.2. The van der Waals surface area contributed by atoms with Crippen LogP contribution in [0.5, 0.6) is 0 Å². The molecule has 0 aliphatic carbocycles. The van der Waals surface area contributed by atoms with Crippen molar-refractivity contribution in [1.29, 1.82) is 0 Å². The molecule has 0 heterocycles. The first kappa shape index (κ1) is 288. The van der Waals surface area contributed by atoms with Gasteiger partial charge >= 0.3 is 30.9 Å². The van der Waals surface area contributed by atoms with Crippen LogP contribution in [0.25, 0.3) is 0 Å². The molecule has 0 radical (unpaired) electrons. The van der Waals surface area contributed by atoms with E-state index in [1.54, 1.807) is 0 Å². The van der Waals surface area contributed by atoms with Crippen molar-refractivity contribution in [2.75, 3.05) is 0 Å². The molecule has 0 atom stereocenters. The van der Waals surface area contributed by atoms with E-state index in [9.17, 15) is 0 Å². The fourth-order valence-corrected chi connectivity index (χ4v) is 0. The van der Waals surface area contributed by atoms with E-state index >= 15 is 0 Å². The zero-order valence-corrected chi connectivity index (χ0v) is 9.09. The smallest absolute Gasteiger partial charge is 0.412 e. The van der Waals surface area contributed by atoms with Crippen molar-refractivity contribution in [2.45, 2.75) is 0 Å². The summed E-state index contributed by atoms with van der Waals surface area (Å²) in [5, 5.41) is 0. The minimum atomic E-state index is -4.64. The first-order valence-electron chi connectivity index (χ1n) is 0.783. The molecule has 27 N–H and O–H groups in total. The predicted octanol–water partition coefficient (Wildman–Crippen LogP) is -11.7. The molecular formula is H29MgO16P. The second-order valence-electron chi connectivity index (χ2n) is 0.513. The lowest BCUT2D eigenvalue weighted by molar-refractivity contribution is 0.275. The van der Waals surface area contributed by atoms with Crippen LogP contribution in [0.1, 0.15) is 0 Å². The van der Waals surface area contributed by atoms with Crippen LogP contribution in [0, 0.1) is 0 Å². The van der Waals surface area contributed by atoms with Crippen molar-refractivity contribution in [2.24, 2.45) is 0 Å². The molecule has 0 rings (SSSR count). The van der Waals surface area contributed by atoms with Crippen LogP contribution in [-0.4, -0.2) is 103 Å². The van der Waals surface area contributed by atoms with Crippen molar-refractivity contribution >= 4 is 30.9 Å². The molecule has 0 saturated carbocycles. The maximum absolute atomic E-state index is 8.88. The Morgan fingerprint density at radius 1 is 0.444 bits per heavy atom. The number of hydrogen-bond acceptors (Lipinski definition) is 1. The lowest BCUT2D eigenvalue weighted by Gasteiger charge is -1.82. The summed E-state index contributed by atoms with van der Waals surface area (Å²) in [6.07, 6.45) is 0. The van der Waals surface area contributed by atoms with Crippen LogP contribution in [0.2, 0.25) is 0 Å². The highest BCUT2D eigenvalue weighted by atomic mass is 31.2. The minimum Gasteiger partial charge on any atom is -0.412 e. The van der Waals surface area contributed by atoms with Gasteiger partial charge < -0.3 is 80.4 Å². The first-order valence-corrected chi connectivity index (χ1v) is 2.35. The van der Waals surface area contributed by atoms with E-state index in [2.05, 4.69) is 0 Å². The summed E-state index contributed by atoms with van der Waals surface area (Å²) in [6, 6.07) is 0. The third-order valence-electron chi connectivity index (χ3n) is 0. The molecule has 0 amide bonds. The fourth-order valence-electron chi connectivity index (χ4n) is 0. The lowest BCUT2D eigenvalue weighted by Crippen LogP contribution is -1.66. The van der Waals surface area contributed by atoms with Gasteiger partial charge in [-0.15, -0.1) is 0 Å². The molecule has 0 aliphatic rings. The summed E-state index contributed by atoms with van der Waals surface area (Å²) < 4.78 is 8.88. The van der Waals surface area contributed by atoms with Gasteiger partial charge in [0.25, 0.3) is 0 Å². The van der Waals surface area contributed by atoms with Crippen LogP contribution < -0.4 is 0 Å². The van der Waals surface area contributed by atoms with E-state index in [0.717, 1.165) is 0 Å². The SMILES string of the molecule is O.O.O.O.O.O.O.O.O.O.O.O.O=P(O)(O)O.[MgH2]. The largest absolute Gasteiger partial charge is 0.466 e. The van der Waals surface area contributed by atoms with Gasteiger partial charge in [-0.1, -0.05) is 0 Å². The Morgan fingerprint density at radius 3 is 0.444 bits per heavy atom. The van der Waals surface area contributed by atoms with Crippen molar-refractivity contribution in [3.63, 3.8) is 0 Å². The molecule has 0 spiro atoms. The van der Waals surface area contributed by atoms with Gasteiger partial charge in [-0.05, 0) is 0 Å². The van der Waals surface area contributed by atoms with E-state index in [0.29, 0.717) is 0 Å². The van der Waals surface area contributed by atoms with Crippen LogP contribution in [0.15, 0.2) is 0 Å². The molecule has 0 fully saturated rings. The number of phosphoric acid groups is 1. The van der Waals surface area contributed by atoms with Gasteiger partial charge in [0.05, 0.1) is 0 Å². The van der Waals surface area contributed by atoms with Gasteiger partial charge in [-0.3, -0.25) is 0 Å². The highest BCUT2D eigenvalue weighted by Gasteiger charge is 2.00. The summed E-state index contributed by atoms with van der Waals surface area (Å²) in [6.45, 7) is 0. The molecule has 0 bridgehead atoms. The topological polar surface area (TPSA) is 456 Å². The lowest BCUT2D eigenvalue weighted by atomic mass is 15.8. The molecule has 18 heavy (non-hydrogen) atoms. The predicted molar refractivity (Wildman–Crippen MR) is 66.2 cm³/mol. The zero-order valence-electron chi connectivity index (χ0n) is 8.20. The third-order valence-corrected chi connectivity index (χ3v) is 0. The highest BCUT2D eigenvalue weighted by Crippen LogP contribution is 2.25. The zero-order chi connectivity index (χ0) is 4.50. The summed E-state index contributed by atoms with van der Waals surface area (Å²) >= 11 is 0. The van der Waals surface area contributed by atoms with Gasteiger partial charge in [0.15, 0.2) is 0 Å². The van der Waals surface area contributed by atoms with Gasteiger partial charge in [0, 0.05) is 0 Å². The van der Waals surface area contributed by atoms with E-state index in [-0.39, 0.29) is 88.8 Å². The quantitative estimate of drug-likeness (QED) is 0.285. The molecule has 0 aliphatic heterocycles. The van der Waals surface area contributed by atoms with E-state index in [4.69, 9.17) is 19.2 Å². The second kappa shape index (κ2) is 114. The highest BCUT2D eigenvalue weighted by molar-refractivity contribution is 7.45. The average molecular weight is 340 g/mol. The van der Waals surface area contributed by atoms with Gasteiger partial charge in [0.2, 0.25) is 0 Å². The number of rotatable bonds is 0. The van der Waals surface area contributed by atoms with Gasteiger partial charge in [-0.25, -0.2) is 4.57 Å². The first-order chi connectivity index (χ1) is 2.00. The summed E-state index contributed by atoms with van der Waals surface area (Å²) in [5.41, 5.74) is 0. The van der Waals surface area contributed by atoms with Crippen LogP contribution in [0.3, 0.4) is 0 Å². The molecule has 0 unspecified atom stereocenters. The van der Waals surface area contributed by atoms with Gasteiger partial charge in [0.1, 0.15) is 0 Å². The Hall–Kier alpha value is 0.396. The second-order valence-corrected chi connectivity index (χ2v) is 1.54.